The summed E-state index contributed by atoms with van der Waals surface area (Å²) in [5.41, 5.74) is 3.16. The first kappa shape index (κ1) is 19.2. The Hall–Kier alpha value is -3.54. The van der Waals surface area contributed by atoms with Crippen LogP contribution in [-0.4, -0.2) is 10.9 Å². The normalized spacial score (nSPS) is 11.1. The molecule has 1 amide bonds. The molecule has 1 aromatic heterocycles. The number of hydrogen-bond donors (Lipinski definition) is 2. The number of hydrogen-bond acceptors (Lipinski definition) is 4. The summed E-state index contributed by atoms with van der Waals surface area (Å²) in [5.74, 6) is -0.358. The van der Waals surface area contributed by atoms with Gasteiger partial charge in [0.1, 0.15) is 11.4 Å². The number of nitrogens with zero attached hydrogens (tertiary/aromatic N) is 1. The second-order valence-electron chi connectivity index (χ2n) is 7.55. The van der Waals surface area contributed by atoms with E-state index in [1.54, 1.807) is 48.7 Å². The summed E-state index contributed by atoms with van der Waals surface area (Å²) in [6.07, 6.45) is 1.56. The van der Waals surface area contributed by atoms with Gasteiger partial charge in [0.25, 0.3) is 11.5 Å². The number of rotatable bonds is 4. The lowest BCUT2D eigenvalue weighted by molar-refractivity contribution is 0.102. The molecule has 1 heterocycles. The highest BCUT2D eigenvalue weighted by Gasteiger charge is 2.15. The first-order valence-electron chi connectivity index (χ1n) is 8.86. The summed E-state index contributed by atoms with van der Waals surface area (Å²) in [4.78, 5) is 37.8. The molecule has 3 rings (SSSR count). The molecule has 0 aliphatic carbocycles. The fourth-order valence-corrected chi connectivity index (χ4v) is 2.77. The number of anilines is 1. The quantitative estimate of drug-likeness (QED) is 0.629. The van der Waals surface area contributed by atoms with Gasteiger partial charge in [-0.25, -0.2) is 0 Å². The van der Waals surface area contributed by atoms with Crippen LogP contribution >= 0.6 is 0 Å². The van der Waals surface area contributed by atoms with Crippen molar-refractivity contribution in [2.75, 3.05) is 5.32 Å². The van der Waals surface area contributed by atoms with Crippen LogP contribution in [0.3, 0.4) is 0 Å². The highest BCUT2D eigenvalue weighted by Crippen LogP contribution is 2.24. The Kier molecular flexibility index (Phi) is 5.22. The Bertz CT molecular complexity index is 1060. The van der Waals surface area contributed by atoms with Crippen LogP contribution in [0, 0.1) is 4.91 Å². The molecule has 0 saturated heterocycles. The maximum Gasteiger partial charge on any atom is 0.271 e. The number of pyridine rings is 1. The second-order valence-corrected chi connectivity index (χ2v) is 7.55. The standard InChI is InChI=1S/C22H21N3O3/c1-22(2,3)17-8-4-15(5-9-17)20(26)24-19-12-16(13-23-21(19)27)14-6-10-18(25-28)11-7-14/h4-13H,1-3H3,(H,23,27)(H,24,26). The monoisotopic (exact) mass is 375 g/mol. The van der Waals surface area contributed by atoms with Crippen LogP contribution in [0.5, 0.6) is 0 Å². The molecular formula is C22H21N3O3. The van der Waals surface area contributed by atoms with Crippen molar-refractivity contribution < 1.29 is 4.79 Å². The predicted octanol–water partition coefficient (Wildman–Crippen LogP) is 4.99. The van der Waals surface area contributed by atoms with Crippen LogP contribution < -0.4 is 10.9 Å². The van der Waals surface area contributed by atoms with Crippen LogP contribution in [0.4, 0.5) is 11.4 Å². The van der Waals surface area contributed by atoms with Crippen molar-refractivity contribution in [3.8, 4) is 11.1 Å². The molecule has 0 atom stereocenters. The molecule has 0 aliphatic heterocycles. The number of nitrogens with one attached hydrogen (secondary N) is 2. The topological polar surface area (TPSA) is 91.4 Å². The van der Waals surface area contributed by atoms with Crippen molar-refractivity contribution in [3.05, 3.63) is 87.2 Å². The Morgan fingerprint density at radius 2 is 1.61 bits per heavy atom. The van der Waals surface area contributed by atoms with E-state index in [0.717, 1.165) is 11.1 Å². The number of aromatic nitrogens is 1. The fourth-order valence-electron chi connectivity index (χ4n) is 2.77. The van der Waals surface area contributed by atoms with Gasteiger partial charge in [-0.1, -0.05) is 45.0 Å². The van der Waals surface area contributed by atoms with Crippen molar-refractivity contribution in [1.82, 2.24) is 4.98 Å². The maximum absolute atomic E-state index is 12.5. The Morgan fingerprint density at radius 3 is 2.18 bits per heavy atom. The lowest BCUT2D eigenvalue weighted by Crippen LogP contribution is -2.20. The summed E-state index contributed by atoms with van der Waals surface area (Å²) in [7, 11) is 0. The smallest absolute Gasteiger partial charge is 0.271 e. The van der Waals surface area contributed by atoms with Crippen molar-refractivity contribution in [3.63, 3.8) is 0 Å². The molecule has 0 unspecified atom stereocenters. The average Bonchev–Trinajstić information content (AvgIpc) is 2.69. The lowest BCUT2D eigenvalue weighted by atomic mass is 9.87. The molecule has 0 spiro atoms. The molecule has 2 aromatic carbocycles. The van der Waals surface area contributed by atoms with Crippen molar-refractivity contribution >= 4 is 17.3 Å². The van der Waals surface area contributed by atoms with Gasteiger partial charge in [-0.2, -0.15) is 0 Å². The van der Waals surface area contributed by atoms with Crippen LogP contribution in [0.1, 0.15) is 36.7 Å². The number of H-pyrrole nitrogens is 1. The molecule has 2 N–H and O–H groups in total. The third kappa shape index (κ3) is 4.23. The Labute approximate surface area is 162 Å². The number of benzene rings is 2. The SMILES string of the molecule is CC(C)(C)c1ccc(C(=O)Nc2cc(-c3ccc(N=O)cc3)c[nH]c2=O)cc1. The highest BCUT2D eigenvalue weighted by atomic mass is 16.3. The van der Waals surface area contributed by atoms with Crippen LogP contribution in [0.15, 0.2) is 70.8 Å². The molecule has 3 aromatic rings. The molecule has 0 bridgehead atoms. The van der Waals surface area contributed by atoms with E-state index in [1.165, 1.54) is 0 Å². The lowest BCUT2D eigenvalue weighted by Gasteiger charge is -2.19. The van der Waals surface area contributed by atoms with E-state index in [1.807, 2.05) is 12.1 Å². The molecule has 0 saturated carbocycles. The summed E-state index contributed by atoms with van der Waals surface area (Å²) >= 11 is 0. The third-order valence-corrected chi connectivity index (χ3v) is 4.47. The molecule has 6 heteroatoms. The van der Waals surface area contributed by atoms with Gasteiger partial charge in [0, 0.05) is 17.3 Å². The zero-order valence-corrected chi connectivity index (χ0v) is 15.9. The van der Waals surface area contributed by atoms with E-state index in [9.17, 15) is 14.5 Å². The average molecular weight is 375 g/mol. The number of aromatic amines is 1. The number of carbonyl (C=O) groups is 1. The summed E-state index contributed by atoms with van der Waals surface area (Å²) in [6, 6.07) is 15.5. The third-order valence-electron chi connectivity index (χ3n) is 4.47. The first-order valence-corrected chi connectivity index (χ1v) is 8.86. The highest BCUT2D eigenvalue weighted by molar-refractivity contribution is 6.04. The van der Waals surface area contributed by atoms with E-state index in [-0.39, 0.29) is 17.0 Å². The fraction of sp³-hybridized carbons (Fsp3) is 0.182. The Balaban J connectivity index is 1.84. The van der Waals surface area contributed by atoms with Gasteiger partial charge >= 0.3 is 0 Å². The second kappa shape index (κ2) is 7.60. The van der Waals surface area contributed by atoms with E-state index in [0.29, 0.717) is 16.8 Å². The van der Waals surface area contributed by atoms with Crippen molar-refractivity contribution in [2.24, 2.45) is 5.18 Å². The largest absolute Gasteiger partial charge is 0.327 e. The number of carbonyl (C=O) groups excluding carboxylic acids is 1. The summed E-state index contributed by atoms with van der Waals surface area (Å²) in [5, 5.41) is 5.53. The Morgan fingerprint density at radius 1 is 0.964 bits per heavy atom. The molecule has 142 valence electrons. The number of nitroso groups, excluding NO2 is 1. The van der Waals surface area contributed by atoms with Gasteiger partial charge in [0.2, 0.25) is 0 Å². The zero-order chi connectivity index (χ0) is 20.3. The van der Waals surface area contributed by atoms with Gasteiger partial charge in [-0.15, -0.1) is 4.91 Å². The molecule has 0 aliphatic rings. The number of amides is 1. The van der Waals surface area contributed by atoms with Crippen LogP contribution in [0.2, 0.25) is 0 Å². The van der Waals surface area contributed by atoms with E-state index in [2.05, 4.69) is 36.2 Å². The van der Waals surface area contributed by atoms with E-state index >= 15 is 0 Å². The minimum absolute atomic E-state index is 0.00456. The van der Waals surface area contributed by atoms with Crippen LogP contribution in [0.25, 0.3) is 11.1 Å². The summed E-state index contributed by atoms with van der Waals surface area (Å²) in [6.45, 7) is 6.31. The van der Waals surface area contributed by atoms with Gasteiger partial charge in [-0.05, 0) is 52.1 Å². The molecular weight excluding hydrogens is 354 g/mol. The molecule has 6 nitrogen and oxygen atoms in total. The van der Waals surface area contributed by atoms with Gasteiger partial charge in [-0.3, -0.25) is 9.59 Å². The van der Waals surface area contributed by atoms with E-state index in [4.69, 9.17) is 0 Å². The summed E-state index contributed by atoms with van der Waals surface area (Å²) < 4.78 is 0. The predicted molar refractivity (Wildman–Crippen MR) is 111 cm³/mol. The molecule has 0 fully saturated rings. The zero-order valence-electron chi connectivity index (χ0n) is 15.9. The molecule has 0 radical (unpaired) electrons. The van der Waals surface area contributed by atoms with Crippen molar-refractivity contribution in [1.29, 1.82) is 0 Å². The maximum atomic E-state index is 12.5. The molecule has 28 heavy (non-hydrogen) atoms. The minimum Gasteiger partial charge on any atom is -0.327 e. The van der Waals surface area contributed by atoms with Gasteiger partial charge < -0.3 is 10.3 Å². The van der Waals surface area contributed by atoms with Gasteiger partial charge in [0.15, 0.2) is 0 Å². The van der Waals surface area contributed by atoms with E-state index < -0.39 is 5.56 Å². The van der Waals surface area contributed by atoms with Crippen molar-refractivity contribution in [2.45, 2.75) is 26.2 Å². The van der Waals surface area contributed by atoms with Gasteiger partial charge in [0.05, 0.1) is 0 Å². The van der Waals surface area contributed by atoms with Crippen LogP contribution in [-0.2, 0) is 5.41 Å². The first-order chi connectivity index (χ1) is 13.3. The minimum atomic E-state index is -0.394.